The van der Waals surface area contributed by atoms with Crippen LogP contribution in [0, 0.1) is 0 Å². The van der Waals surface area contributed by atoms with Crippen molar-refractivity contribution in [2.24, 2.45) is 9.98 Å². The molecular formula is C36H50N4O6S2. The maximum atomic E-state index is 12.8. The van der Waals surface area contributed by atoms with Crippen molar-refractivity contribution in [2.75, 3.05) is 39.6 Å². The van der Waals surface area contributed by atoms with E-state index in [1.165, 1.54) is 22.7 Å². The Morgan fingerprint density at radius 3 is 1.42 bits per heavy atom. The first-order chi connectivity index (χ1) is 23.5. The van der Waals surface area contributed by atoms with Gasteiger partial charge in [-0.2, -0.15) is 9.98 Å². The zero-order valence-electron chi connectivity index (χ0n) is 28.8. The Morgan fingerprint density at radius 1 is 0.604 bits per heavy atom. The van der Waals surface area contributed by atoms with Gasteiger partial charge in [-0.25, -0.2) is 0 Å². The fourth-order valence-corrected chi connectivity index (χ4v) is 7.69. The molecule has 10 nitrogen and oxygen atoms in total. The largest absolute Gasteiger partial charge is 0.492 e. The van der Waals surface area contributed by atoms with Crippen LogP contribution in [-0.4, -0.2) is 60.6 Å². The van der Waals surface area contributed by atoms with Gasteiger partial charge in [0.2, 0.25) is 11.8 Å². The van der Waals surface area contributed by atoms with Crippen LogP contribution in [0.5, 0.6) is 11.5 Å². The first-order valence-electron chi connectivity index (χ1n) is 17.3. The second-order valence-corrected chi connectivity index (χ2v) is 13.2. The van der Waals surface area contributed by atoms with Crippen LogP contribution < -0.4 is 19.1 Å². The number of para-hydroxylation sites is 2. The number of carbonyl (C=O) groups excluding carboxylic acids is 2. The van der Waals surface area contributed by atoms with Gasteiger partial charge in [-0.3, -0.25) is 9.59 Å². The number of fused-ring (bicyclic) bond motifs is 2. The third-order valence-corrected chi connectivity index (χ3v) is 9.81. The molecule has 262 valence electrons. The Labute approximate surface area is 291 Å². The van der Waals surface area contributed by atoms with Crippen LogP contribution in [0.1, 0.15) is 79.1 Å². The molecule has 2 heterocycles. The number of rotatable bonds is 21. The molecule has 0 fully saturated rings. The van der Waals surface area contributed by atoms with Gasteiger partial charge < -0.3 is 28.1 Å². The number of hydrogen-bond acceptors (Lipinski definition) is 8. The maximum Gasteiger partial charge on any atom is 0.248 e. The number of nitrogens with zero attached hydrogens (tertiary/aromatic N) is 4. The molecule has 0 unspecified atom stereocenters. The van der Waals surface area contributed by atoms with Crippen molar-refractivity contribution in [2.45, 2.75) is 92.2 Å². The second-order valence-electron chi connectivity index (χ2n) is 11.2. The van der Waals surface area contributed by atoms with Gasteiger partial charge in [0.15, 0.2) is 9.60 Å². The number of ether oxygens (including phenoxy) is 4. The number of aromatic nitrogens is 2. The summed E-state index contributed by atoms with van der Waals surface area (Å²) in [5, 5.41) is 0. The van der Waals surface area contributed by atoms with E-state index in [1.807, 2.05) is 73.2 Å². The Bertz CT molecular complexity index is 1620. The molecule has 4 aromatic rings. The highest BCUT2D eigenvalue weighted by atomic mass is 32.1. The molecule has 2 aromatic heterocycles. The molecule has 0 bridgehead atoms. The smallest absolute Gasteiger partial charge is 0.248 e. The van der Waals surface area contributed by atoms with Crippen molar-refractivity contribution >= 4 is 54.9 Å². The highest BCUT2D eigenvalue weighted by molar-refractivity contribution is 7.16. The summed E-state index contributed by atoms with van der Waals surface area (Å²) >= 11 is 3.01. The zero-order valence-corrected chi connectivity index (χ0v) is 30.5. The summed E-state index contributed by atoms with van der Waals surface area (Å²) in [5.41, 5.74) is 1.92. The van der Waals surface area contributed by atoms with E-state index in [-0.39, 0.29) is 11.8 Å². The molecule has 48 heavy (non-hydrogen) atoms. The van der Waals surface area contributed by atoms with Crippen molar-refractivity contribution in [3.63, 3.8) is 0 Å². The molecule has 0 radical (unpaired) electrons. The lowest BCUT2D eigenvalue weighted by atomic mass is 10.1. The van der Waals surface area contributed by atoms with Crippen LogP contribution in [0.3, 0.4) is 0 Å². The summed E-state index contributed by atoms with van der Waals surface area (Å²) in [6, 6.07) is 11.9. The van der Waals surface area contributed by atoms with E-state index >= 15 is 0 Å². The van der Waals surface area contributed by atoms with Crippen molar-refractivity contribution in [1.82, 2.24) is 9.13 Å². The summed E-state index contributed by atoms with van der Waals surface area (Å²) < 4.78 is 29.1. The van der Waals surface area contributed by atoms with Gasteiger partial charge in [0.1, 0.15) is 22.5 Å². The molecule has 2 amide bonds. The number of hydrogen-bond donors (Lipinski definition) is 0. The number of amides is 2. The standard InChI is InChI=1S/C36H50N4O6S2/c1-5-43-25-23-39-33-27(45-7-3)17-15-19-29(33)47-35(39)37-31(41)21-13-11-9-10-12-14-22-32(42)38-36-40(24-26-44-6-2)34-28(46-8-4)18-16-20-30(34)48-36/h15-20H,5-14,21-26H2,1-4H3. The van der Waals surface area contributed by atoms with E-state index in [0.717, 1.165) is 70.5 Å². The van der Waals surface area contributed by atoms with Crippen LogP contribution in [0.15, 0.2) is 46.4 Å². The second kappa shape index (κ2) is 20.3. The highest BCUT2D eigenvalue weighted by Gasteiger charge is 2.14. The van der Waals surface area contributed by atoms with Gasteiger partial charge in [0.25, 0.3) is 0 Å². The van der Waals surface area contributed by atoms with E-state index in [9.17, 15) is 9.59 Å². The summed E-state index contributed by atoms with van der Waals surface area (Å²) in [7, 11) is 0. The number of thiazole rings is 2. The fourth-order valence-electron chi connectivity index (χ4n) is 5.51. The van der Waals surface area contributed by atoms with Crippen LogP contribution in [0.2, 0.25) is 0 Å². The predicted molar refractivity (Wildman–Crippen MR) is 193 cm³/mol. The van der Waals surface area contributed by atoms with Gasteiger partial charge in [-0.05, 0) is 64.8 Å². The lowest BCUT2D eigenvalue weighted by Crippen LogP contribution is -2.20. The molecule has 0 N–H and O–H groups in total. The van der Waals surface area contributed by atoms with E-state index < -0.39 is 0 Å². The topological polar surface area (TPSA) is 106 Å². The minimum Gasteiger partial charge on any atom is -0.492 e. The molecule has 2 aromatic carbocycles. The monoisotopic (exact) mass is 698 g/mol. The first kappa shape index (κ1) is 37.5. The summed E-state index contributed by atoms with van der Waals surface area (Å²) in [6.07, 6.45) is 6.36. The van der Waals surface area contributed by atoms with Gasteiger partial charge >= 0.3 is 0 Å². The van der Waals surface area contributed by atoms with Crippen LogP contribution in [-0.2, 0) is 32.2 Å². The van der Waals surface area contributed by atoms with E-state index in [0.29, 0.717) is 75.2 Å². The molecular weight excluding hydrogens is 649 g/mol. The van der Waals surface area contributed by atoms with Gasteiger partial charge in [-0.15, -0.1) is 0 Å². The highest BCUT2D eigenvalue weighted by Crippen LogP contribution is 2.29. The Balaban J connectivity index is 1.25. The SMILES string of the molecule is CCOCCn1c(=NC(=O)CCCCCCCCC(=O)N=c2sc3cccc(OCC)c3n2CCOCC)sc2cccc(OCC)c21. The van der Waals surface area contributed by atoms with E-state index in [4.69, 9.17) is 18.9 Å². The quantitative estimate of drug-likeness (QED) is 0.0849. The molecule has 0 aliphatic carbocycles. The van der Waals surface area contributed by atoms with Crippen molar-refractivity contribution in [3.05, 3.63) is 46.0 Å². The summed E-state index contributed by atoms with van der Waals surface area (Å²) in [5.74, 6) is 1.38. The minimum absolute atomic E-state index is 0.106. The average Bonchev–Trinajstić information content (AvgIpc) is 3.60. The van der Waals surface area contributed by atoms with Crippen LogP contribution >= 0.6 is 22.7 Å². The summed E-state index contributed by atoms with van der Waals surface area (Å²) in [4.78, 5) is 36.1. The van der Waals surface area contributed by atoms with Crippen LogP contribution in [0.25, 0.3) is 20.4 Å². The molecule has 0 saturated heterocycles. The Kier molecular flexibility index (Phi) is 15.8. The molecule has 0 aliphatic rings. The zero-order chi connectivity index (χ0) is 34.1. The van der Waals surface area contributed by atoms with Crippen molar-refractivity contribution < 1.29 is 28.5 Å². The number of carbonyl (C=O) groups is 2. The number of unbranched alkanes of at least 4 members (excludes halogenated alkanes) is 5. The minimum atomic E-state index is -0.106. The molecule has 12 heteroatoms. The Hall–Kier alpha value is -3.32. The Morgan fingerprint density at radius 2 is 1.02 bits per heavy atom. The molecule has 4 rings (SSSR count). The molecule has 0 saturated carbocycles. The molecule has 0 aliphatic heterocycles. The van der Waals surface area contributed by atoms with E-state index in [1.54, 1.807) is 0 Å². The predicted octanol–water partition coefficient (Wildman–Crippen LogP) is 7.27. The van der Waals surface area contributed by atoms with E-state index in [2.05, 4.69) is 9.98 Å². The van der Waals surface area contributed by atoms with Gasteiger partial charge in [0, 0.05) is 39.1 Å². The van der Waals surface area contributed by atoms with Crippen molar-refractivity contribution in [1.29, 1.82) is 0 Å². The average molecular weight is 699 g/mol. The lowest BCUT2D eigenvalue weighted by molar-refractivity contribution is -0.119. The third-order valence-electron chi connectivity index (χ3n) is 7.73. The van der Waals surface area contributed by atoms with Gasteiger partial charge in [0.05, 0.1) is 35.8 Å². The molecule has 0 spiro atoms. The normalized spacial score (nSPS) is 12.4. The summed E-state index contributed by atoms with van der Waals surface area (Å²) in [6.45, 7) is 12.6. The van der Waals surface area contributed by atoms with Gasteiger partial charge in [-0.1, -0.05) is 60.5 Å². The van der Waals surface area contributed by atoms with Crippen molar-refractivity contribution in [3.8, 4) is 11.5 Å². The fraction of sp³-hybridized carbons (Fsp3) is 0.556. The maximum absolute atomic E-state index is 12.8. The first-order valence-corrected chi connectivity index (χ1v) is 18.9. The molecule has 0 atom stereocenters. The van der Waals surface area contributed by atoms with Crippen LogP contribution in [0.4, 0.5) is 0 Å². The third kappa shape index (κ3) is 10.6. The number of benzene rings is 2. The lowest BCUT2D eigenvalue weighted by Gasteiger charge is -2.10.